The molecule has 4 rings (SSSR count). The molecule has 0 spiro atoms. The van der Waals surface area contributed by atoms with Gasteiger partial charge in [0.2, 0.25) is 5.88 Å². The van der Waals surface area contributed by atoms with Crippen LogP contribution in [-0.2, 0) is 24.1 Å². The summed E-state index contributed by atoms with van der Waals surface area (Å²) >= 11 is 0. The molecule has 1 N–H and O–H groups in total. The van der Waals surface area contributed by atoms with Gasteiger partial charge >= 0.3 is 11.9 Å². The molecule has 0 saturated carbocycles. The Labute approximate surface area is 208 Å². The maximum Gasteiger partial charge on any atom is 0.422 e. The van der Waals surface area contributed by atoms with Crippen LogP contribution < -0.4 is 24.6 Å². The van der Waals surface area contributed by atoms with Gasteiger partial charge in [-0.3, -0.25) is 13.9 Å². The summed E-state index contributed by atoms with van der Waals surface area (Å²) in [5.74, 6) is 0.184. The van der Waals surface area contributed by atoms with Crippen LogP contribution in [-0.4, -0.2) is 42.4 Å². The number of aryl methyl sites for hydroxylation is 2. The molecule has 0 amide bonds. The number of alkyl halides is 3. The van der Waals surface area contributed by atoms with E-state index in [1.807, 2.05) is 0 Å². The van der Waals surface area contributed by atoms with Gasteiger partial charge in [0, 0.05) is 32.3 Å². The number of fused-ring (bicyclic) bond motifs is 1. The number of nitrogens with zero attached hydrogens (tertiary/aromatic N) is 3. The number of ether oxygens (including phenoxy) is 3. The van der Waals surface area contributed by atoms with E-state index in [-0.39, 0.29) is 39.4 Å². The molecule has 0 aliphatic carbocycles. The monoisotopic (exact) mass is 538 g/mol. The van der Waals surface area contributed by atoms with Gasteiger partial charge in [0.15, 0.2) is 12.4 Å². The van der Waals surface area contributed by atoms with E-state index < -0.39 is 22.8 Å². The fraction of sp³-hybridized carbons (Fsp3) is 0.217. The molecule has 0 aliphatic heterocycles. The molecule has 0 unspecified atom stereocenters. The summed E-state index contributed by atoms with van der Waals surface area (Å²) in [6.45, 7) is -1.49. The summed E-state index contributed by atoms with van der Waals surface area (Å²) < 4.78 is 84.5. The highest BCUT2D eigenvalue weighted by Crippen LogP contribution is 2.36. The second kappa shape index (κ2) is 9.69. The standard InChI is InChI=1S/C23H21F3N4O6S/c1-29-18-10-17(28-37(32,33)16-7-8-21(34-3)27-12-16)20(11-19(18)30(2)22(29)31)36-15-6-4-5-14(9-15)35-13-23(24,25)26/h4-12,28H,13H2,1-3H3. The number of hydrogen-bond donors (Lipinski definition) is 1. The van der Waals surface area contributed by atoms with E-state index >= 15 is 0 Å². The third-order valence-corrected chi connectivity index (χ3v) is 6.63. The largest absolute Gasteiger partial charge is 0.484 e. The zero-order chi connectivity index (χ0) is 27.0. The summed E-state index contributed by atoms with van der Waals surface area (Å²) in [4.78, 5) is 16.2. The van der Waals surface area contributed by atoms with Crippen molar-refractivity contribution in [1.82, 2.24) is 14.1 Å². The Balaban J connectivity index is 1.75. The molecule has 2 aromatic carbocycles. The zero-order valence-electron chi connectivity index (χ0n) is 19.7. The normalized spacial score (nSPS) is 11.9. The van der Waals surface area contributed by atoms with Crippen molar-refractivity contribution in [2.75, 3.05) is 18.4 Å². The van der Waals surface area contributed by atoms with Crippen LogP contribution >= 0.6 is 0 Å². The molecule has 4 aromatic rings. The summed E-state index contributed by atoms with van der Waals surface area (Å²) in [7, 11) is 0.288. The Kier molecular flexibility index (Phi) is 6.78. The number of sulfonamides is 1. The fourth-order valence-corrected chi connectivity index (χ4v) is 4.47. The maximum atomic E-state index is 13.1. The highest BCUT2D eigenvalue weighted by Gasteiger charge is 2.28. The third-order valence-electron chi connectivity index (χ3n) is 5.28. The lowest BCUT2D eigenvalue weighted by Crippen LogP contribution is -2.19. The molecular weight excluding hydrogens is 517 g/mol. The average molecular weight is 539 g/mol. The smallest absolute Gasteiger partial charge is 0.422 e. The van der Waals surface area contributed by atoms with Crippen molar-refractivity contribution in [2.24, 2.45) is 14.1 Å². The minimum absolute atomic E-state index is 0.00767. The number of nitrogens with one attached hydrogen (secondary N) is 1. The molecule has 0 radical (unpaired) electrons. The molecule has 0 atom stereocenters. The van der Waals surface area contributed by atoms with Crippen LogP contribution in [0, 0.1) is 0 Å². The highest BCUT2D eigenvalue weighted by molar-refractivity contribution is 7.92. The second-order valence-corrected chi connectivity index (χ2v) is 9.54. The van der Waals surface area contributed by atoms with Crippen LogP contribution in [0.2, 0.25) is 0 Å². The molecule has 0 aliphatic rings. The quantitative estimate of drug-likeness (QED) is 0.363. The van der Waals surface area contributed by atoms with E-state index in [1.165, 1.54) is 78.9 Å². The van der Waals surface area contributed by atoms with Gasteiger partial charge in [0.05, 0.1) is 30.0 Å². The molecule has 2 aromatic heterocycles. The SMILES string of the molecule is COc1ccc(S(=O)(=O)Nc2cc3c(cc2Oc2cccc(OCC(F)(F)F)c2)n(C)c(=O)n3C)cn1. The number of rotatable bonds is 8. The lowest BCUT2D eigenvalue weighted by molar-refractivity contribution is -0.153. The van der Waals surface area contributed by atoms with Gasteiger partial charge in [-0.2, -0.15) is 13.2 Å². The zero-order valence-corrected chi connectivity index (χ0v) is 20.6. The Morgan fingerprint density at radius 2 is 1.68 bits per heavy atom. The summed E-state index contributed by atoms with van der Waals surface area (Å²) in [6.07, 6.45) is -3.41. The van der Waals surface area contributed by atoms with Crippen molar-refractivity contribution in [3.05, 3.63) is 65.2 Å². The predicted molar refractivity (Wildman–Crippen MR) is 128 cm³/mol. The molecule has 0 bridgehead atoms. The van der Waals surface area contributed by atoms with Crippen LogP contribution in [0.25, 0.3) is 11.0 Å². The first-order valence-corrected chi connectivity index (χ1v) is 12.1. The lowest BCUT2D eigenvalue weighted by Gasteiger charge is -2.15. The molecular formula is C23H21F3N4O6S. The number of pyridine rings is 1. The van der Waals surface area contributed by atoms with Crippen LogP contribution in [0.1, 0.15) is 0 Å². The van der Waals surface area contributed by atoms with Crippen LogP contribution in [0.15, 0.2) is 64.4 Å². The topological polar surface area (TPSA) is 114 Å². The number of aromatic nitrogens is 3. The maximum absolute atomic E-state index is 13.1. The third kappa shape index (κ3) is 5.63. The van der Waals surface area contributed by atoms with Gasteiger partial charge in [-0.05, 0) is 24.3 Å². The van der Waals surface area contributed by atoms with Crippen molar-refractivity contribution in [3.63, 3.8) is 0 Å². The Hall–Kier alpha value is -4.20. The van der Waals surface area contributed by atoms with Crippen molar-refractivity contribution in [1.29, 1.82) is 0 Å². The van der Waals surface area contributed by atoms with E-state index in [4.69, 9.17) is 14.2 Å². The van der Waals surface area contributed by atoms with E-state index in [0.29, 0.717) is 11.0 Å². The lowest BCUT2D eigenvalue weighted by atomic mass is 10.2. The van der Waals surface area contributed by atoms with E-state index in [0.717, 1.165) is 6.20 Å². The minimum Gasteiger partial charge on any atom is -0.484 e. The molecule has 196 valence electrons. The Morgan fingerprint density at radius 1 is 1.00 bits per heavy atom. The number of hydrogen-bond acceptors (Lipinski definition) is 7. The second-order valence-electron chi connectivity index (χ2n) is 7.86. The molecule has 2 heterocycles. The number of benzene rings is 2. The average Bonchev–Trinajstić information content (AvgIpc) is 3.06. The molecule has 10 nitrogen and oxygen atoms in total. The number of imidazole rings is 1. The number of methoxy groups -OCH3 is 1. The van der Waals surface area contributed by atoms with Gasteiger partial charge in [-0.25, -0.2) is 18.2 Å². The van der Waals surface area contributed by atoms with Crippen molar-refractivity contribution >= 4 is 26.7 Å². The van der Waals surface area contributed by atoms with Crippen LogP contribution in [0.3, 0.4) is 0 Å². The van der Waals surface area contributed by atoms with Gasteiger partial charge in [0.1, 0.15) is 16.4 Å². The first kappa shape index (κ1) is 25.9. The van der Waals surface area contributed by atoms with Crippen molar-refractivity contribution < 1.29 is 35.8 Å². The highest BCUT2D eigenvalue weighted by atomic mass is 32.2. The van der Waals surface area contributed by atoms with Crippen LogP contribution in [0.5, 0.6) is 23.1 Å². The van der Waals surface area contributed by atoms with Gasteiger partial charge in [-0.15, -0.1) is 0 Å². The van der Waals surface area contributed by atoms with Gasteiger partial charge in [-0.1, -0.05) is 6.07 Å². The van der Waals surface area contributed by atoms with Crippen LogP contribution in [0.4, 0.5) is 18.9 Å². The van der Waals surface area contributed by atoms with E-state index in [9.17, 15) is 26.4 Å². The Morgan fingerprint density at radius 3 is 2.30 bits per heavy atom. The van der Waals surface area contributed by atoms with Gasteiger partial charge in [0.25, 0.3) is 10.0 Å². The molecule has 37 heavy (non-hydrogen) atoms. The fourth-order valence-electron chi connectivity index (χ4n) is 3.46. The summed E-state index contributed by atoms with van der Waals surface area (Å²) in [5.41, 5.74) is 0.461. The first-order valence-electron chi connectivity index (χ1n) is 10.6. The van der Waals surface area contributed by atoms with Gasteiger partial charge < -0.3 is 14.2 Å². The minimum atomic E-state index is -4.53. The predicted octanol–water partition coefficient (Wildman–Crippen LogP) is 3.81. The number of anilines is 1. The molecule has 14 heteroatoms. The summed E-state index contributed by atoms with van der Waals surface area (Å²) in [6, 6.07) is 11.0. The molecule has 0 saturated heterocycles. The van der Waals surface area contributed by atoms with E-state index in [2.05, 4.69) is 9.71 Å². The van der Waals surface area contributed by atoms with E-state index in [1.54, 1.807) is 0 Å². The molecule has 0 fully saturated rings. The van der Waals surface area contributed by atoms with Crippen molar-refractivity contribution in [2.45, 2.75) is 11.1 Å². The Bertz CT molecular complexity index is 1610. The number of halogens is 3. The first-order chi connectivity index (χ1) is 17.4. The summed E-state index contributed by atoms with van der Waals surface area (Å²) in [5, 5.41) is 0. The van der Waals surface area contributed by atoms with Crippen molar-refractivity contribution in [3.8, 4) is 23.1 Å².